The van der Waals surface area contributed by atoms with Crippen LogP contribution in [0.4, 0.5) is 5.82 Å². The van der Waals surface area contributed by atoms with E-state index in [2.05, 4.69) is 15.3 Å². The van der Waals surface area contributed by atoms with Crippen LogP contribution in [0.25, 0.3) is 11.3 Å². The topological polar surface area (TPSA) is 95.1 Å². The van der Waals surface area contributed by atoms with Crippen molar-refractivity contribution < 1.29 is 9.53 Å². The van der Waals surface area contributed by atoms with Gasteiger partial charge in [-0.2, -0.15) is 0 Å². The Balaban J connectivity index is 2.18. The van der Waals surface area contributed by atoms with Gasteiger partial charge in [0, 0.05) is 25.4 Å². The molecule has 1 amide bonds. The molecule has 2 heterocycles. The van der Waals surface area contributed by atoms with Gasteiger partial charge in [-0.15, -0.1) is 0 Å². The number of anilines is 1. The predicted octanol–water partition coefficient (Wildman–Crippen LogP) is 0.851. The maximum atomic E-state index is 12.1. The first-order valence-corrected chi connectivity index (χ1v) is 6.64. The first-order valence-electron chi connectivity index (χ1n) is 6.64. The summed E-state index contributed by atoms with van der Waals surface area (Å²) in [6, 6.07) is 3.21. The molecule has 0 aliphatic carbocycles. The lowest BCUT2D eigenvalue weighted by atomic mass is 10.2. The van der Waals surface area contributed by atoms with Gasteiger partial charge in [0.15, 0.2) is 0 Å². The van der Waals surface area contributed by atoms with Crippen molar-refractivity contribution in [3.8, 4) is 11.3 Å². The van der Waals surface area contributed by atoms with Gasteiger partial charge in [-0.3, -0.25) is 4.79 Å². The molecule has 0 bridgehead atoms. The van der Waals surface area contributed by atoms with Gasteiger partial charge in [-0.25, -0.2) is 9.97 Å². The lowest BCUT2D eigenvalue weighted by Gasteiger charge is -2.16. The molecule has 7 heteroatoms. The number of nitrogens with zero attached hydrogens (tertiary/aromatic N) is 3. The molecule has 3 N–H and O–H groups in total. The summed E-state index contributed by atoms with van der Waals surface area (Å²) in [5.41, 5.74) is 7.39. The maximum Gasteiger partial charge on any atom is 0.242 e. The Morgan fingerprint density at radius 3 is 3.10 bits per heavy atom. The first kappa shape index (κ1) is 15.0. The lowest BCUT2D eigenvalue weighted by molar-refractivity contribution is -0.124. The van der Waals surface area contributed by atoms with Crippen molar-refractivity contribution >= 4 is 11.7 Å². The predicted molar refractivity (Wildman–Crippen MR) is 79.5 cm³/mol. The van der Waals surface area contributed by atoms with E-state index < -0.39 is 0 Å². The molecule has 1 atom stereocenters. The molecule has 0 fully saturated rings. The number of aromatic nitrogens is 3. The summed E-state index contributed by atoms with van der Waals surface area (Å²) in [5.74, 6) is 0.339. The van der Waals surface area contributed by atoms with E-state index >= 15 is 0 Å². The number of hydrogen-bond donors (Lipinski definition) is 2. The molecule has 0 aliphatic rings. The number of imidazole rings is 1. The largest absolute Gasteiger partial charge is 0.384 e. The van der Waals surface area contributed by atoms with Gasteiger partial charge in [0.05, 0.1) is 24.8 Å². The van der Waals surface area contributed by atoms with Gasteiger partial charge >= 0.3 is 0 Å². The van der Waals surface area contributed by atoms with Gasteiger partial charge < -0.3 is 20.4 Å². The Labute approximate surface area is 123 Å². The minimum absolute atomic E-state index is 0.0895. The molecule has 112 valence electrons. The van der Waals surface area contributed by atoms with Gasteiger partial charge in [0.1, 0.15) is 11.9 Å². The number of carbonyl (C=O) groups excluding carboxylic acids is 1. The molecule has 0 saturated carbocycles. The third kappa shape index (κ3) is 3.57. The minimum Gasteiger partial charge on any atom is -0.384 e. The summed E-state index contributed by atoms with van der Waals surface area (Å²) in [6.07, 6.45) is 4.96. The monoisotopic (exact) mass is 289 g/mol. The fourth-order valence-electron chi connectivity index (χ4n) is 1.99. The van der Waals surface area contributed by atoms with Crippen LogP contribution in [0.1, 0.15) is 13.0 Å². The molecule has 0 aliphatic heterocycles. The molecule has 0 aromatic carbocycles. The zero-order valence-electron chi connectivity index (χ0n) is 12.1. The Morgan fingerprint density at radius 2 is 2.38 bits per heavy atom. The highest BCUT2D eigenvalue weighted by atomic mass is 16.5. The van der Waals surface area contributed by atoms with Crippen molar-refractivity contribution in [2.24, 2.45) is 0 Å². The summed E-state index contributed by atoms with van der Waals surface area (Å²) < 4.78 is 6.72. The number of ether oxygens (including phenoxy) is 1. The molecule has 0 spiro atoms. The average molecular weight is 289 g/mol. The van der Waals surface area contributed by atoms with Crippen LogP contribution in [-0.2, 0) is 9.53 Å². The number of nitrogens with one attached hydrogen (secondary N) is 1. The summed E-state index contributed by atoms with van der Waals surface area (Å²) in [4.78, 5) is 20.2. The van der Waals surface area contributed by atoms with Crippen LogP contribution >= 0.6 is 0 Å². The van der Waals surface area contributed by atoms with Gasteiger partial charge in [0.25, 0.3) is 0 Å². The van der Waals surface area contributed by atoms with E-state index in [1.165, 1.54) is 0 Å². The molecule has 0 saturated heterocycles. The SMILES string of the molecule is COCCNC(=O)C(C)n1cncc1-c1ccnc(N)c1. The maximum absolute atomic E-state index is 12.1. The summed E-state index contributed by atoms with van der Waals surface area (Å²) in [6.45, 7) is 2.78. The highest BCUT2D eigenvalue weighted by molar-refractivity contribution is 5.80. The van der Waals surface area contributed by atoms with E-state index in [4.69, 9.17) is 10.5 Å². The van der Waals surface area contributed by atoms with Crippen molar-refractivity contribution in [2.45, 2.75) is 13.0 Å². The van der Waals surface area contributed by atoms with Crippen molar-refractivity contribution in [2.75, 3.05) is 26.0 Å². The number of hydrogen-bond acceptors (Lipinski definition) is 5. The number of methoxy groups -OCH3 is 1. The second-order valence-corrected chi connectivity index (χ2v) is 4.62. The number of nitrogens with two attached hydrogens (primary N) is 1. The molecule has 2 rings (SSSR count). The van der Waals surface area contributed by atoms with Crippen LogP contribution in [0.5, 0.6) is 0 Å². The summed E-state index contributed by atoms with van der Waals surface area (Å²) >= 11 is 0. The van der Waals surface area contributed by atoms with Crippen LogP contribution in [0, 0.1) is 0 Å². The van der Waals surface area contributed by atoms with Crippen LogP contribution in [0.2, 0.25) is 0 Å². The van der Waals surface area contributed by atoms with Crippen LogP contribution < -0.4 is 11.1 Å². The third-order valence-corrected chi connectivity index (χ3v) is 3.15. The Bertz CT molecular complexity index is 611. The van der Waals surface area contributed by atoms with E-state index in [1.54, 1.807) is 36.5 Å². The van der Waals surface area contributed by atoms with E-state index in [1.807, 2.05) is 13.0 Å². The fourth-order valence-corrected chi connectivity index (χ4v) is 1.99. The van der Waals surface area contributed by atoms with Crippen molar-refractivity contribution in [1.82, 2.24) is 19.9 Å². The smallest absolute Gasteiger partial charge is 0.242 e. The van der Waals surface area contributed by atoms with E-state index in [0.29, 0.717) is 19.0 Å². The standard InChI is InChI=1S/C14H19N5O2/c1-10(14(20)18-5-6-21-2)19-9-16-8-12(19)11-3-4-17-13(15)7-11/h3-4,7-10H,5-6H2,1-2H3,(H2,15,17)(H,18,20). The second-order valence-electron chi connectivity index (χ2n) is 4.62. The van der Waals surface area contributed by atoms with E-state index in [0.717, 1.165) is 11.3 Å². The highest BCUT2D eigenvalue weighted by Crippen LogP contribution is 2.23. The number of nitrogen functional groups attached to an aromatic ring is 1. The highest BCUT2D eigenvalue weighted by Gasteiger charge is 2.18. The van der Waals surface area contributed by atoms with Crippen LogP contribution in [0.15, 0.2) is 30.9 Å². The normalized spacial score (nSPS) is 12.1. The molecule has 0 radical (unpaired) electrons. The molecule has 21 heavy (non-hydrogen) atoms. The van der Waals surface area contributed by atoms with Gasteiger partial charge in [-0.1, -0.05) is 0 Å². The Kier molecular flexibility index (Phi) is 4.89. The van der Waals surface area contributed by atoms with Gasteiger partial charge in [0.2, 0.25) is 5.91 Å². The quantitative estimate of drug-likeness (QED) is 0.769. The Morgan fingerprint density at radius 1 is 1.57 bits per heavy atom. The van der Waals surface area contributed by atoms with Gasteiger partial charge in [-0.05, 0) is 19.1 Å². The number of amides is 1. The summed E-state index contributed by atoms with van der Waals surface area (Å²) in [7, 11) is 1.59. The molecule has 1 unspecified atom stereocenters. The minimum atomic E-state index is -0.381. The van der Waals surface area contributed by atoms with Crippen LogP contribution in [-0.4, -0.2) is 40.7 Å². The zero-order chi connectivity index (χ0) is 15.2. The lowest BCUT2D eigenvalue weighted by Crippen LogP contribution is -2.33. The van der Waals surface area contributed by atoms with Crippen molar-refractivity contribution in [1.29, 1.82) is 0 Å². The molecule has 2 aromatic rings. The van der Waals surface area contributed by atoms with Crippen LogP contribution in [0.3, 0.4) is 0 Å². The average Bonchev–Trinajstić information content (AvgIpc) is 2.96. The first-order chi connectivity index (χ1) is 10.1. The molecular weight excluding hydrogens is 270 g/mol. The Hall–Kier alpha value is -2.41. The zero-order valence-corrected chi connectivity index (χ0v) is 12.1. The van der Waals surface area contributed by atoms with E-state index in [9.17, 15) is 4.79 Å². The van der Waals surface area contributed by atoms with Crippen molar-refractivity contribution in [3.05, 3.63) is 30.9 Å². The van der Waals surface area contributed by atoms with Crippen molar-refractivity contribution in [3.63, 3.8) is 0 Å². The number of pyridine rings is 1. The fraction of sp³-hybridized carbons (Fsp3) is 0.357. The second kappa shape index (κ2) is 6.85. The summed E-state index contributed by atoms with van der Waals surface area (Å²) in [5, 5.41) is 2.81. The molecular formula is C14H19N5O2. The molecule has 7 nitrogen and oxygen atoms in total. The van der Waals surface area contributed by atoms with E-state index in [-0.39, 0.29) is 11.9 Å². The third-order valence-electron chi connectivity index (χ3n) is 3.15. The molecule has 2 aromatic heterocycles. The number of carbonyl (C=O) groups is 1. The number of rotatable bonds is 6.